The summed E-state index contributed by atoms with van der Waals surface area (Å²) in [6.45, 7) is 4.36. The number of amides is 1. The molecule has 0 saturated heterocycles. The average molecular weight is 304 g/mol. The van der Waals surface area contributed by atoms with Gasteiger partial charge in [-0.1, -0.05) is 15.9 Å². The van der Waals surface area contributed by atoms with Crippen LogP contribution in [0.15, 0.2) is 12.3 Å². The Hall–Kier alpha value is -1.37. The van der Waals surface area contributed by atoms with Gasteiger partial charge < -0.3 is 9.88 Å². The molecule has 1 N–H and O–H groups in total. The van der Waals surface area contributed by atoms with Gasteiger partial charge in [0.1, 0.15) is 5.69 Å². The maximum Gasteiger partial charge on any atom is 0.287 e. The van der Waals surface area contributed by atoms with Crippen molar-refractivity contribution in [1.29, 1.82) is 0 Å². The number of hydrogen-bond donors (Lipinski definition) is 1. The molecule has 0 aromatic carbocycles. The summed E-state index contributed by atoms with van der Waals surface area (Å²) in [5, 5.41) is 11.2. The van der Waals surface area contributed by atoms with Crippen LogP contribution in [0, 0.1) is 10.1 Å². The largest absolute Gasteiger partial charge is 0.351 e. The summed E-state index contributed by atoms with van der Waals surface area (Å²) in [6.07, 6.45) is 1.22. The minimum Gasteiger partial charge on any atom is -0.351 e. The monoisotopic (exact) mass is 303 g/mol. The summed E-state index contributed by atoms with van der Waals surface area (Å²) in [4.78, 5) is 26.3. The Labute approximate surface area is 107 Å². The fraction of sp³-hybridized carbons (Fsp3) is 0.500. The number of nitrogens with one attached hydrogen (secondary N) is 1. The van der Waals surface area contributed by atoms with Crippen LogP contribution in [0.1, 0.15) is 24.3 Å². The third-order valence-electron chi connectivity index (χ3n) is 2.32. The lowest BCUT2D eigenvalue weighted by molar-refractivity contribution is -0.384. The normalized spacial score (nSPS) is 10.6. The second kappa shape index (κ2) is 5.81. The Morgan fingerprint density at radius 2 is 2.29 bits per heavy atom. The van der Waals surface area contributed by atoms with Crippen molar-refractivity contribution in [3.05, 3.63) is 28.1 Å². The average Bonchev–Trinajstić information content (AvgIpc) is 2.73. The Kier molecular flexibility index (Phi) is 4.68. The maximum absolute atomic E-state index is 12.1. The minimum absolute atomic E-state index is 0.0439. The van der Waals surface area contributed by atoms with Crippen LogP contribution in [-0.4, -0.2) is 38.6 Å². The van der Waals surface area contributed by atoms with Gasteiger partial charge in [-0.25, -0.2) is 0 Å². The molecule has 0 saturated carbocycles. The van der Waals surface area contributed by atoms with Crippen LogP contribution in [0.5, 0.6) is 0 Å². The highest BCUT2D eigenvalue weighted by molar-refractivity contribution is 9.09. The number of halogens is 1. The molecule has 0 aliphatic carbocycles. The van der Waals surface area contributed by atoms with E-state index in [1.54, 1.807) is 4.90 Å². The van der Waals surface area contributed by atoms with Crippen molar-refractivity contribution < 1.29 is 9.72 Å². The highest BCUT2D eigenvalue weighted by Crippen LogP contribution is 2.15. The molecule has 1 rings (SSSR count). The molecule has 94 valence electrons. The lowest BCUT2D eigenvalue weighted by Crippen LogP contribution is -2.38. The predicted octanol–water partition coefficient (Wildman–Crippen LogP) is 2.17. The van der Waals surface area contributed by atoms with E-state index in [1.807, 2.05) is 13.8 Å². The van der Waals surface area contributed by atoms with E-state index in [0.29, 0.717) is 11.9 Å². The van der Waals surface area contributed by atoms with Gasteiger partial charge in [0.05, 0.1) is 11.1 Å². The smallest absolute Gasteiger partial charge is 0.287 e. The van der Waals surface area contributed by atoms with Crippen molar-refractivity contribution in [2.45, 2.75) is 19.9 Å². The van der Waals surface area contributed by atoms with Crippen LogP contribution >= 0.6 is 15.9 Å². The number of hydrogen-bond acceptors (Lipinski definition) is 3. The first-order valence-corrected chi connectivity index (χ1v) is 6.29. The molecule has 0 aliphatic heterocycles. The van der Waals surface area contributed by atoms with Crippen molar-refractivity contribution in [1.82, 2.24) is 9.88 Å². The van der Waals surface area contributed by atoms with E-state index in [-0.39, 0.29) is 23.3 Å². The van der Waals surface area contributed by atoms with Gasteiger partial charge in [-0.3, -0.25) is 14.9 Å². The molecule has 1 aromatic heterocycles. The first-order chi connectivity index (χ1) is 7.97. The zero-order valence-electron chi connectivity index (χ0n) is 9.64. The highest BCUT2D eigenvalue weighted by atomic mass is 79.9. The summed E-state index contributed by atoms with van der Waals surface area (Å²) < 4.78 is 0. The van der Waals surface area contributed by atoms with E-state index in [0.717, 1.165) is 0 Å². The van der Waals surface area contributed by atoms with Crippen molar-refractivity contribution in [2.75, 3.05) is 11.9 Å². The standard InChI is InChI=1S/C10H14BrN3O3/c1-7(2)13(4-3-11)10(15)9-5-8(6-12-9)14(16)17/h5-7,12H,3-4H2,1-2H3. The van der Waals surface area contributed by atoms with Gasteiger partial charge >= 0.3 is 0 Å². The Morgan fingerprint density at radius 1 is 1.65 bits per heavy atom. The number of aromatic nitrogens is 1. The van der Waals surface area contributed by atoms with Crippen LogP contribution in [0.2, 0.25) is 0 Å². The maximum atomic E-state index is 12.1. The number of rotatable bonds is 5. The first-order valence-electron chi connectivity index (χ1n) is 5.17. The van der Waals surface area contributed by atoms with E-state index in [9.17, 15) is 14.9 Å². The molecule has 0 spiro atoms. The zero-order valence-corrected chi connectivity index (χ0v) is 11.2. The van der Waals surface area contributed by atoms with E-state index in [2.05, 4.69) is 20.9 Å². The molecular weight excluding hydrogens is 290 g/mol. The number of nitrogens with zero attached hydrogens (tertiary/aromatic N) is 2. The van der Waals surface area contributed by atoms with Gasteiger partial charge in [-0.05, 0) is 13.8 Å². The number of nitro groups is 1. The van der Waals surface area contributed by atoms with Crippen molar-refractivity contribution in [3.8, 4) is 0 Å². The second-order valence-electron chi connectivity index (χ2n) is 3.81. The molecule has 0 atom stereocenters. The fourth-order valence-corrected chi connectivity index (χ4v) is 1.83. The predicted molar refractivity (Wildman–Crippen MR) is 67.4 cm³/mol. The molecule has 0 aliphatic rings. The SMILES string of the molecule is CC(C)N(CCBr)C(=O)c1cc([N+](=O)[O-])c[nH]1. The van der Waals surface area contributed by atoms with Gasteiger partial charge in [0, 0.05) is 24.0 Å². The number of H-pyrrole nitrogens is 1. The van der Waals surface area contributed by atoms with Crippen LogP contribution in [-0.2, 0) is 0 Å². The molecule has 0 bridgehead atoms. The third kappa shape index (κ3) is 3.29. The van der Waals surface area contributed by atoms with E-state index in [1.165, 1.54) is 12.3 Å². The van der Waals surface area contributed by atoms with Crippen molar-refractivity contribution in [3.63, 3.8) is 0 Å². The summed E-state index contributed by atoms with van der Waals surface area (Å²) in [5.74, 6) is -0.229. The molecule has 0 unspecified atom stereocenters. The van der Waals surface area contributed by atoms with Gasteiger partial charge in [0.25, 0.3) is 11.6 Å². The van der Waals surface area contributed by atoms with Gasteiger partial charge in [-0.2, -0.15) is 0 Å². The van der Waals surface area contributed by atoms with Gasteiger partial charge in [0.2, 0.25) is 0 Å². The molecule has 6 nitrogen and oxygen atoms in total. The van der Waals surface area contributed by atoms with E-state index in [4.69, 9.17) is 0 Å². The minimum atomic E-state index is -0.530. The van der Waals surface area contributed by atoms with Gasteiger partial charge in [-0.15, -0.1) is 0 Å². The number of carbonyl (C=O) groups is 1. The summed E-state index contributed by atoms with van der Waals surface area (Å²) in [5.41, 5.74) is 0.141. The molecule has 7 heteroatoms. The quantitative estimate of drug-likeness (QED) is 0.514. The summed E-state index contributed by atoms with van der Waals surface area (Å²) in [7, 11) is 0. The lowest BCUT2D eigenvalue weighted by atomic mass is 10.2. The van der Waals surface area contributed by atoms with Crippen LogP contribution in [0.25, 0.3) is 0 Å². The fourth-order valence-electron chi connectivity index (χ4n) is 1.45. The summed E-state index contributed by atoms with van der Waals surface area (Å²) >= 11 is 3.28. The number of alkyl halides is 1. The van der Waals surface area contributed by atoms with E-state index >= 15 is 0 Å². The molecule has 1 heterocycles. The second-order valence-corrected chi connectivity index (χ2v) is 4.60. The molecular formula is C10H14BrN3O3. The topological polar surface area (TPSA) is 79.2 Å². The molecule has 0 radical (unpaired) electrons. The molecule has 1 aromatic rings. The Balaban J connectivity index is 2.89. The molecule has 17 heavy (non-hydrogen) atoms. The number of aromatic amines is 1. The van der Waals surface area contributed by atoms with Crippen molar-refractivity contribution in [2.24, 2.45) is 0 Å². The van der Waals surface area contributed by atoms with Gasteiger partial charge in [0.15, 0.2) is 0 Å². The Bertz CT molecular complexity index is 417. The van der Waals surface area contributed by atoms with Crippen LogP contribution < -0.4 is 0 Å². The zero-order chi connectivity index (χ0) is 13.0. The van der Waals surface area contributed by atoms with Crippen LogP contribution in [0.3, 0.4) is 0 Å². The summed E-state index contributed by atoms with van der Waals surface area (Å²) in [6, 6.07) is 1.30. The van der Waals surface area contributed by atoms with E-state index < -0.39 is 4.92 Å². The highest BCUT2D eigenvalue weighted by Gasteiger charge is 2.21. The Morgan fingerprint density at radius 3 is 2.71 bits per heavy atom. The number of carbonyl (C=O) groups excluding carboxylic acids is 1. The third-order valence-corrected chi connectivity index (χ3v) is 2.67. The molecule has 0 fully saturated rings. The van der Waals surface area contributed by atoms with Crippen molar-refractivity contribution >= 4 is 27.5 Å². The lowest BCUT2D eigenvalue weighted by Gasteiger charge is -2.25. The molecule has 1 amide bonds. The van der Waals surface area contributed by atoms with Crippen LogP contribution in [0.4, 0.5) is 5.69 Å². The first kappa shape index (κ1) is 13.7.